The summed E-state index contributed by atoms with van der Waals surface area (Å²) in [5, 5.41) is 12.4. The number of rotatable bonds is 6. The maximum Gasteiger partial charge on any atom is 0.266 e. The number of ether oxygens (including phenoxy) is 1. The third-order valence-corrected chi connectivity index (χ3v) is 3.98. The second-order valence-electron chi connectivity index (χ2n) is 6.05. The summed E-state index contributed by atoms with van der Waals surface area (Å²) in [6.45, 7) is 2.30. The van der Waals surface area contributed by atoms with E-state index in [0.29, 0.717) is 35.9 Å². The monoisotopic (exact) mass is 335 g/mol. The van der Waals surface area contributed by atoms with Crippen LogP contribution in [0, 0.1) is 18.3 Å². The summed E-state index contributed by atoms with van der Waals surface area (Å²) in [4.78, 5) is 4.20. The zero-order chi connectivity index (χ0) is 17.2. The molecule has 0 radical (unpaired) electrons. The van der Waals surface area contributed by atoms with Gasteiger partial charge in [-0.3, -0.25) is 0 Å². The molecule has 1 aromatic carbocycles. The largest absolute Gasteiger partial charge is 0.485 e. The van der Waals surface area contributed by atoms with Crippen LogP contribution in [0.3, 0.4) is 0 Å². The summed E-state index contributed by atoms with van der Waals surface area (Å²) in [6.07, 6.45) is 2.17. The lowest BCUT2D eigenvalue weighted by Gasteiger charge is -2.06. The Kier molecular flexibility index (Phi) is 3.90. The van der Waals surface area contributed by atoms with E-state index in [9.17, 15) is 5.26 Å². The number of benzene rings is 1. The number of nitriles is 1. The molecule has 0 amide bonds. The number of nitrogens with one attached hydrogen (secondary N) is 1. The van der Waals surface area contributed by atoms with Gasteiger partial charge in [-0.05, 0) is 43.5 Å². The van der Waals surface area contributed by atoms with Crippen molar-refractivity contribution in [3.63, 3.8) is 0 Å². The van der Waals surface area contributed by atoms with Crippen LogP contribution in [0.15, 0.2) is 45.2 Å². The maximum atomic E-state index is 9.19. The lowest BCUT2D eigenvalue weighted by atomic mass is 10.2. The minimum atomic E-state index is 0.246. The number of oxazole rings is 1. The molecule has 1 aliphatic carbocycles. The molecule has 1 saturated carbocycles. The second kappa shape index (κ2) is 6.36. The first kappa shape index (κ1) is 15.3. The predicted molar refractivity (Wildman–Crippen MR) is 91.1 cm³/mol. The fraction of sp³-hybridized carbons (Fsp3) is 0.263. The Bertz CT molecular complexity index is 932. The average molecular weight is 335 g/mol. The van der Waals surface area contributed by atoms with E-state index >= 15 is 0 Å². The van der Waals surface area contributed by atoms with Gasteiger partial charge in [0.1, 0.15) is 24.2 Å². The Morgan fingerprint density at radius 1 is 1.24 bits per heavy atom. The molecule has 2 aromatic heterocycles. The van der Waals surface area contributed by atoms with Crippen molar-refractivity contribution in [1.29, 1.82) is 5.26 Å². The van der Waals surface area contributed by atoms with E-state index < -0.39 is 0 Å². The molecule has 2 heterocycles. The van der Waals surface area contributed by atoms with Gasteiger partial charge in [-0.2, -0.15) is 10.2 Å². The minimum absolute atomic E-state index is 0.246. The van der Waals surface area contributed by atoms with E-state index in [0.717, 1.165) is 24.2 Å². The number of aromatic nitrogens is 1. The van der Waals surface area contributed by atoms with Crippen LogP contribution in [0.5, 0.6) is 5.75 Å². The van der Waals surface area contributed by atoms with Gasteiger partial charge in [-0.1, -0.05) is 18.2 Å². The van der Waals surface area contributed by atoms with Crippen LogP contribution < -0.4 is 10.1 Å². The van der Waals surface area contributed by atoms with E-state index in [1.165, 1.54) is 0 Å². The molecule has 126 valence electrons. The van der Waals surface area contributed by atoms with E-state index in [1.54, 1.807) is 6.07 Å². The molecule has 1 fully saturated rings. The Hall–Kier alpha value is -3.20. The van der Waals surface area contributed by atoms with Crippen LogP contribution >= 0.6 is 0 Å². The van der Waals surface area contributed by atoms with Crippen LogP contribution in [0.25, 0.3) is 11.7 Å². The fourth-order valence-electron chi connectivity index (χ4n) is 2.45. The van der Waals surface area contributed by atoms with Gasteiger partial charge >= 0.3 is 0 Å². The third-order valence-electron chi connectivity index (χ3n) is 3.98. The van der Waals surface area contributed by atoms with Gasteiger partial charge in [-0.15, -0.1) is 0 Å². The van der Waals surface area contributed by atoms with E-state index in [2.05, 4.69) is 10.3 Å². The summed E-state index contributed by atoms with van der Waals surface area (Å²) < 4.78 is 17.2. The number of anilines is 1. The van der Waals surface area contributed by atoms with Crippen molar-refractivity contribution >= 4 is 5.88 Å². The maximum absolute atomic E-state index is 9.19. The molecule has 0 spiro atoms. The Balaban J connectivity index is 1.48. The first-order valence-electron chi connectivity index (χ1n) is 8.18. The molecule has 0 aliphatic heterocycles. The Morgan fingerprint density at radius 3 is 2.84 bits per heavy atom. The molecular weight excluding hydrogens is 318 g/mol. The molecule has 0 bridgehead atoms. The van der Waals surface area contributed by atoms with Gasteiger partial charge < -0.3 is 18.9 Å². The summed E-state index contributed by atoms with van der Waals surface area (Å²) in [7, 11) is 0. The molecule has 0 unspecified atom stereocenters. The Morgan fingerprint density at radius 2 is 2.08 bits per heavy atom. The zero-order valence-corrected chi connectivity index (χ0v) is 13.8. The number of furan rings is 1. The van der Waals surface area contributed by atoms with Crippen molar-refractivity contribution in [3.05, 3.63) is 53.4 Å². The molecule has 1 aliphatic rings. The van der Waals surface area contributed by atoms with Crippen molar-refractivity contribution < 1.29 is 13.6 Å². The molecule has 0 atom stereocenters. The highest BCUT2D eigenvalue weighted by Crippen LogP contribution is 2.31. The van der Waals surface area contributed by atoms with E-state index in [-0.39, 0.29) is 5.69 Å². The predicted octanol–water partition coefficient (Wildman–Crippen LogP) is 4.27. The highest BCUT2D eigenvalue weighted by atomic mass is 16.5. The number of nitrogens with zero attached hydrogens (tertiary/aromatic N) is 2. The van der Waals surface area contributed by atoms with Gasteiger partial charge in [0.2, 0.25) is 11.6 Å². The minimum Gasteiger partial charge on any atom is -0.485 e. The van der Waals surface area contributed by atoms with Crippen LogP contribution in [0.4, 0.5) is 5.88 Å². The SMILES string of the molecule is Cc1ccccc1OCc1ccc(-c2nc(C#N)c(NC3CC3)o2)o1. The molecule has 1 N–H and O–H groups in total. The van der Waals surface area contributed by atoms with E-state index in [1.807, 2.05) is 43.3 Å². The molecule has 4 rings (SSSR count). The topological polar surface area (TPSA) is 84.2 Å². The first-order valence-corrected chi connectivity index (χ1v) is 8.18. The summed E-state index contributed by atoms with van der Waals surface area (Å²) in [6, 6.07) is 13.8. The summed E-state index contributed by atoms with van der Waals surface area (Å²) in [5.41, 5.74) is 1.31. The quantitative estimate of drug-likeness (QED) is 0.724. The zero-order valence-electron chi connectivity index (χ0n) is 13.8. The highest BCUT2D eigenvalue weighted by molar-refractivity contribution is 5.55. The van der Waals surface area contributed by atoms with Crippen molar-refractivity contribution in [1.82, 2.24) is 4.98 Å². The van der Waals surface area contributed by atoms with Crippen LogP contribution in [-0.2, 0) is 6.61 Å². The average Bonchev–Trinajstić information content (AvgIpc) is 3.15. The van der Waals surface area contributed by atoms with Crippen molar-refractivity contribution in [2.75, 3.05) is 5.32 Å². The second-order valence-corrected chi connectivity index (χ2v) is 6.05. The third kappa shape index (κ3) is 3.36. The van der Waals surface area contributed by atoms with Crippen molar-refractivity contribution in [2.45, 2.75) is 32.4 Å². The van der Waals surface area contributed by atoms with Crippen LogP contribution in [0.2, 0.25) is 0 Å². The molecule has 3 aromatic rings. The van der Waals surface area contributed by atoms with E-state index in [4.69, 9.17) is 13.6 Å². The fourth-order valence-corrected chi connectivity index (χ4v) is 2.45. The Labute approximate surface area is 145 Å². The number of aryl methyl sites for hydroxylation is 1. The summed E-state index contributed by atoms with van der Waals surface area (Å²) >= 11 is 0. The molecule has 6 heteroatoms. The standard InChI is InChI=1S/C19H17N3O3/c1-12-4-2-3-5-16(12)23-11-14-8-9-17(24-14)19-22-15(10-20)18(25-19)21-13-6-7-13/h2-5,8-9,13,21H,6-7,11H2,1H3. The molecule has 0 saturated heterocycles. The molecule has 25 heavy (non-hydrogen) atoms. The lowest BCUT2D eigenvalue weighted by molar-refractivity contribution is 0.269. The van der Waals surface area contributed by atoms with Crippen LogP contribution in [0.1, 0.15) is 29.9 Å². The van der Waals surface area contributed by atoms with Gasteiger partial charge in [0.25, 0.3) is 5.89 Å². The normalized spacial score (nSPS) is 13.4. The smallest absolute Gasteiger partial charge is 0.266 e. The van der Waals surface area contributed by atoms with Crippen LogP contribution in [-0.4, -0.2) is 11.0 Å². The van der Waals surface area contributed by atoms with Crippen molar-refractivity contribution in [3.8, 4) is 23.5 Å². The molecule has 6 nitrogen and oxygen atoms in total. The number of para-hydroxylation sites is 1. The van der Waals surface area contributed by atoms with Gasteiger partial charge in [0.05, 0.1) is 0 Å². The summed E-state index contributed by atoms with van der Waals surface area (Å²) in [5.74, 6) is 2.66. The lowest BCUT2D eigenvalue weighted by Crippen LogP contribution is -2.00. The van der Waals surface area contributed by atoms with Gasteiger partial charge in [0.15, 0.2) is 5.76 Å². The van der Waals surface area contributed by atoms with Gasteiger partial charge in [-0.25, -0.2) is 0 Å². The first-order chi connectivity index (χ1) is 12.2. The number of hydrogen-bond donors (Lipinski definition) is 1. The molecular formula is C19H17N3O3. The highest BCUT2D eigenvalue weighted by Gasteiger charge is 2.25. The van der Waals surface area contributed by atoms with Crippen molar-refractivity contribution in [2.24, 2.45) is 0 Å². The van der Waals surface area contributed by atoms with Gasteiger partial charge in [0, 0.05) is 6.04 Å². The number of hydrogen-bond acceptors (Lipinski definition) is 6.